The second kappa shape index (κ2) is 6.72. The Kier molecular flexibility index (Phi) is 4.98. The molecule has 0 saturated heterocycles. The maximum Gasteiger partial charge on any atom is 0.194 e. The zero-order valence-corrected chi connectivity index (χ0v) is 12.0. The van der Waals surface area contributed by atoms with Crippen LogP contribution in [0.3, 0.4) is 0 Å². The largest absolute Gasteiger partial charge is 0.369 e. The lowest BCUT2D eigenvalue weighted by molar-refractivity contribution is 0.0718. The third-order valence-corrected chi connectivity index (χ3v) is 3.13. The van der Waals surface area contributed by atoms with E-state index in [4.69, 9.17) is 4.74 Å². The Hall–Kier alpha value is -1.59. The predicted molar refractivity (Wildman–Crippen MR) is 74.5 cm³/mol. The summed E-state index contributed by atoms with van der Waals surface area (Å²) in [5, 5.41) is 0. The molecule has 0 saturated carbocycles. The molecule has 0 aliphatic carbocycles. The topological polar surface area (TPSA) is 26.3 Å². The molecule has 0 unspecified atom stereocenters. The third kappa shape index (κ3) is 3.71. The molecular weight excluding hydrogens is 330 g/mol. The second-order valence-electron chi connectivity index (χ2n) is 4.14. The number of ketones is 1. The van der Waals surface area contributed by atoms with E-state index in [0.717, 1.165) is 22.2 Å². The lowest BCUT2D eigenvalue weighted by Gasteiger charge is -2.06. The van der Waals surface area contributed by atoms with E-state index in [9.17, 15) is 13.6 Å². The highest BCUT2D eigenvalue weighted by molar-refractivity contribution is 9.10. The molecule has 0 atom stereocenters. The fourth-order valence-corrected chi connectivity index (χ4v) is 2.17. The first-order valence-electron chi connectivity index (χ1n) is 5.87. The third-order valence-electron chi connectivity index (χ3n) is 2.63. The first-order chi connectivity index (χ1) is 9.58. The summed E-state index contributed by atoms with van der Waals surface area (Å²) < 4.78 is 32.9. The lowest BCUT2D eigenvalue weighted by Crippen LogP contribution is -2.13. The molecule has 0 aliphatic heterocycles. The summed E-state index contributed by atoms with van der Waals surface area (Å²) in [6.07, 6.45) is 0. The van der Waals surface area contributed by atoms with E-state index in [1.807, 2.05) is 24.3 Å². The summed E-state index contributed by atoms with van der Waals surface area (Å²) in [6.45, 7) is -0.175. The van der Waals surface area contributed by atoms with Gasteiger partial charge >= 0.3 is 0 Å². The van der Waals surface area contributed by atoms with Crippen LogP contribution in [-0.2, 0) is 11.3 Å². The summed E-state index contributed by atoms with van der Waals surface area (Å²) in [6, 6.07) is 10.7. The van der Waals surface area contributed by atoms with Gasteiger partial charge in [-0.05, 0) is 29.8 Å². The van der Waals surface area contributed by atoms with Gasteiger partial charge in [-0.15, -0.1) is 0 Å². The highest BCUT2D eigenvalue weighted by atomic mass is 79.9. The smallest absolute Gasteiger partial charge is 0.194 e. The van der Waals surface area contributed by atoms with Crippen molar-refractivity contribution in [3.63, 3.8) is 0 Å². The number of hydrogen-bond donors (Lipinski definition) is 0. The zero-order valence-electron chi connectivity index (χ0n) is 10.4. The van der Waals surface area contributed by atoms with Crippen molar-refractivity contribution in [2.45, 2.75) is 6.61 Å². The Bertz CT molecular complexity index is 609. The number of Topliss-reactive ketones (excluding diaryl/α,β-unsaturated/α-hetero) is 1. The number of hydrogen-bond acceptors (Lipinski definition) is 2. The van der Waals surface area contributed by atoms with E-state index in [0.29, 0.717) is 0 Å². The summed E-state index contributed by atoms with van der Waals surface area (Å²) >= 11 is 3.32. The van der Waals surface area contributed by atoms with Crippen LogP contribution in [0, 0.1) is 11.6 Å². The van der Waals surface area contributed by atoms with Crippen molar-refractivity contribution in [3.05, 3.63) is 69.7 Å². The van der Waals surface area contributed by atoms with Gasteiger partial charge in [-0.1, -0.05) is 34.1 Å². The van der Waals surface area contributed by atoms with Crippen molar-refractivity contribution in [3.8, 4) is 0 Å². The number of ether oxygens (including phenoxy) is 1. The van der Waals surface area contributed by atoms with Crippen molar-refractivity contribution in [1.29, 1.82) is 0 Å². The average molecular weight is 341 g/mol. The maximum absolute atomic E-state index is 13.4. The molecule has 0 aliphatic rings. The van der Waals surface area contributed by atoms with Crippen molar-refractivity contribution in [2.24, 2.45) is 0 Å². The van der Waals surface area contributed by atoms with Crippen LogP contribution < -0.4 is 0 Å². The highest BCUT2D eigenvalue weighted by Crippen LogP contribution is 2.14. The van der Waals surface area contributed by atoms with E-state index < -0.39 is 23.0 Å². The second-order valence-corrected chi connectivity index (χ2v) is 5.06. The van der Waals surface area contributed by atoms with Crippen LogP contribution in [-0.4, -0.2) is 12.4 Å². The summed E-state index contributed by atoms with van der Waals surface area (Å²) in [5.74, 6) is -2.46. The molecule has 0 spiro atoms. The Morgan fingerprint density at radius 1 is 1.10 bits per heavy atom. The molecule has 2 aromatic rings. The molecule has 0 amide bonds. The Morgan fingerprint density at radius 3 is 2.40 bits per heavy atom. The van der Waals surface area contributed by atoms with Crippen molar-refractivity contribution in [2.75, 3.05) is 6.61 Å². The molecule has 0 aromatic heterocycles. The molecule has 20 heavy (non-hydrogen) atoms. The van der Waals surface area contributed by atoms with Gasteiger partial charge in [0, 0.05) is 4.47 Å². The highest BCUT2D eigenvalue weighted by Gasteiger charge is 2.16. The predicted octanol–water partition coefficient (Wildman–Crippen LogP) is 4.13. The van der Waals surface area contributed by atoms with Gasteiger partial charge in [0.25, 0.3) is 0 Å². The zero-order chi connectivity index (χ0) is 14.5. The first kappa shape index (κ1) is 14.8. The number of halogens is 3. The van der Waals surface area contributed by atoms with Crippen LogP contribution in [0.2, 0.25) is 0 Å². The van der Waals surface area contributed by atoms with Crippen LogP contribution in [0.25, 0.3) is 0 Å². The Balaban J connectivity index is 1.96. The van der Waals surface area contributed by atoms with Gasteiger partial charge in [0.2, 0.25) is 0 Å². The number of carbonyl (C=O) groups is 1. The van der Waals surface area contributed by atoms with Crippen molar-refractivity contribution < 1.29 is 18.3 Å². The minimum absolute atomic E-state index is 0.196. The number of carbonyl (C=O) groups excluding carboxylic acids is 1. The Labute approximate surface area is 123 Å². The van der Waals surface area contributed by atoms with Crippen LogP contribution in [0.15, 0.2) is 46.9 Å². The summed E-state index contributed by atoms with van der Waals surface area (Å²) in [7, 11) is 0. The van der Waals surface area contributed by atoms with E-state index >= 15 is 0 Å². The number of rotatable bonds is 5. The van der Waals surface area contributed by atoms with E-state index in [1.54, 1.807) is 0 Å². The minimum Gasteiger partial charge on any atom is -0.369 e. The maximum atomic E-state index is 13.4. The fraction of sp³-hybridized carbons (Fsp3) is 0.133. The monoisotopic (exact) mass is 340 g/mol. The van der Waals surface area contributed by atoms with E-state index in [-0.39, 0.29) is 13.2 Å². The Morgan fingerprint density at radius 2 is 1.75 bits per heavy atom. The van der Waals surface area contributed by atoms with Crippen LogP contribution in [0.5, 0.6) is 0 Å². The standard InChI is InChI=1S/C15H11BrF2O2/c16-11-4-1-3-10(7-11)8-20-9-14(19)15-12(17)5-2-6-13(15)18/h1-7H,8-9H2. The molecule has 0 bridgehead atoms. The first-order valence-corrected chi connectivity index (χ1v) is 6.66. The fourth-order valence-electron chi connectivity index (χ4n) is 1.72. The summed E-state index contributed by atoms with van der Waals surface area (Å²) in [5.41, 5.74) is 0.308. The quantitative estimate of drug-likeness (QED) is 0.765. The molecule has 2 nitrogen and oxygen atoms in total. The van der Waals surface area contributed by atoms with Crippen molar-refractivity contribution >= 4 is 21.7 Å². The van der Waals surface area contributed by atoms with Gasteiger partial charge in [0.05, 0.1) is 12.2 Å². The molecule has 5 heteroatoms. The minimum atomic E-state index is -0.874. The van der Waals surface area contributed by atoms with Crippen LogP contribution >= 0.6 is 15.9 Å². The van der Waals surface area contributed by atoms with Gasteiger partial charge < -0.3 is 4.74 Å². The molecule has 0 fully saturated rings. The van der Waals surface area contributed by atoms with Crippen LogP contribution in [0.1, 0.15) is 15.9 Å². The number of benzene rings is 2. The van der Waals surface area contributed by atoms with Gasteiger partial charge in [-0.3, -0.25) is 4.79 Å². The van der Waals surface area contributed by atoms with Gasteiger partial charge in [-0.2, -0.15) is 0 Å². The van der Waals surface area contributed by atoms with Gasteiger partial charge in [0.1, 0.15) is 18.2 Å². The van der Waals surface area contributed by atoms with Crippen LogP contribution in [0.4, 0.5) is 8.78 Å². The average Bonchev–Trinajstić information content (AvgIpc) is 2.38. The molecule has 0 heterocycles. The van der Waals surface area contributed by atoms with E-state index in [2.05, 4.69) is 15.9 Å². The van der Waals surface area contributed by atoms with Gasteiger partial charge in [0.15, 0.2) is 5.78 Å². The van der Waals surface area contributed by atoms with E-state index in [1.165, 1.54) is 6.07 Å². The van der Waals surface area contributed by atoms with Crippen molar-refractivity contribution in [1.82, 2.24) is 0 Å². The molecule has 2 rings (SSSR count). The SMILES string of the molecule is O=C(COCc1cccc(Br)c1)c1c(F)cccc1F. The normalized spacial score (nSPS) is 10.6. The molecule has 0 N–H and O–H groups in total. The van der Waals surface area contributed by atoms with Gasteiger partial charge in [-0.25, -0.2) is 8.78 Å². The molecule has 2 aromatic carbocycles. The molecule has 104 valence electrons. The molecule has 0 radical (unpaired) electrons. The lowest BCUT2D eigenvalue weighted by atomic mass is 10.1. The summed E-state index contributed by atoms with van der Waals surface area (Å²) in [4.78, 5) is 11.7. The molecular formula is C15H11BrF2O2.